The van der Waals surface area contributed by atoms with Gasteiger partial charge in [0.2, 0.25) is 5.91 Å². The summed E-state index contributed by atoms with van der Waals surface area (Å²) in [4.78, 5) is 11.6. The Labute approximate surface area is 138 Å². The molecule has 0 bridgehead atoms. The monoisotopic (exact) mass is 371 g/mol. The molecule has 1 saturated heterocycles. The Bertz CT molecular complexity index is 543. The lowest BCUT2D eigenvalue weighted by Crippen LogP contribution is -2.19. The Morgan fingerprint density at radius 1 is 1.43 bits per heavy atom. The first-order chi connectivity index (χ1) is 10.1. The Balaban J connectivity index is 1.65. The van der Waals surface area contributed by atoms with Gasteiger partial charge in [-0.2, -0.15) is 0 Å². The molecule has 5 heteroatoms. The molecule has 0 radical (unpaired) electrons. The first kappa shape index (κ1) is 15.3. The maximum absolute atomic E-state index is 11.4. The Morgan fingerprint density at radius 3 is 3.05 bits per heavy atom. The van der Waals surface area contributed by atoms with Crippen LogP contribution < -0.4 is 5.32 Å². The minimum atomic E-state index is 0.0416. The van der Waals surface area contributed by atoms with Gasteiger partial charge in [-0.1, -0.05) is 33.6 Å². The summed E-state index contributed by atoms with van der Waals surface area (Å²) in [6.07, 6.45) is 6.48. The average Bonchev–Trinajstić information content (AvgIpc) is 2.84. The van der Waals surface area contributed by atoms with Gasteiger partial charge in [0.1, 0.15) is 0 Å². The summed E-state index contributed by atoms with van der Waals surface area (Å²) in [5, 5.41) is 3.54. The topological polar surface area (TPSA) is 38.3 Å². The molecule has 0 saturated carbocycles. The third-order valence-electron chi connectivity index (χ3n) is 4.20. The molecule has 1 amide bonds. The normalized spacial score (nSPS) is 22.8. The molecule has 2 atom stereocenters. The number of amides is 1. The number of carbonyl (C=O) groups is 1. The standard InChI is InChI=1S/C16H19BrClNO2/c17-13(5-4-11-3-1-2-6-21-11)12-7-10-8-16(20)19-15(10)9-14(12)18/h7,9,11,13H,1-6,8H2,(H,19,20). The molecule has 3 rings (SSSR count). The van der Waals surface area contributed by atoms with E-state index in [1.54, 1.807) is 0 Å². The second-order valence-electron chi connectivity index (χ2n) is 5.79. The van der Waals surface area contributed by atoms with Crippen LogP contribution in [0.15, 0.2) is 12.1 Å². The molecule has 21 heavy (non-hydrogen) atoms. The highest BCUT2D eigenvalue weighted by Crippen LogP contribution is 2.38. The fourth-order valence-electron chi connectivity index (χ4n) is 3.03. The van der Waals surface area contributed by atoms with Crippen molar-refractivity contribution in [3.05, 3.63) is 28.3 Å². The number of halogens is 2. The van der Waals surface area contributed by atoms with Crippen LogP contribution in [-0.4, -0.2) is 18.6 Å². The maximum atomic E-state index is 11.4. The molecule has 1 aromatic rings. The molecule has 1 fully saturated rings. The second kappa shape index (κ2) is 6.67. The van der Waals surface area contributed by atoms with Crippen molar-refractivity contribution in [3.63, 3.8) is 0 Å². The minimum Gasteiger partial charge on any atom is -0.378 e. The van der Waals surface area contributed by atoms with E-state index in [1.807, 2.05) is 6.07 Å². The number of alkyl halides is 1. The molecule has 2 unspecified atom stereocenters. The molecule has 3 nitrogen and oxygen atoms in total. The molecular formula is C16H19BrClNO2. The highest BCUT2D eigenvalue weighted by atomic mass is 79.9. The van der Waals surface area contributed by atoms with Crippen molar-refractivity contribution < 1.29 is 9.53 Å². The first-order valence-corrected chi connectivity index (χ1v) is 8.80. The quantitative estimate of drug-likeness (QED) is 0.783. The van der Waals surface area contributed by atoms with Gasteiger partial charge >= 0.3 is 0 Å². The van der Waals surface area contributed by atoms with E-state index >= 15 is 0 Å². The third kappa shape index (κ3) is 3.61. The van der Waals surface area contributed by atoms with E-state index in [-0.39, 0.29) is 10.7 Å². The molecular weight excluding hydrogens is 354 g/mol. The molecule has 1 aromatic carbocycles. The summed E-state index contributed by atoms with van der Waals surface area (Å²) in [7, 11) is 0. The molecule has 2 aliphatic heterocycles. The molecule has 2 heterocycles. The van der Waals surface area contributed by atoms with Crippen LogP contribution >= 0.6 is 27.5 Å². The first-order valence-electron chi connectivity index (χ1n) is 7.51. The van der Waals surface area contributed by atoms with Crippen LogP contribution in [0.4, 0.5) is 5.69 Å². The summed E-state index contributed by atoms with van der Waals surface area (Å²) in [6, 6.07) is 3.92. The van der Waals surface area contributed by atoms with Crippen molar-refractivity contribution in [1.29, 1.82) is 0 Å². The van der Waals surface area contributed by atoms with Crippen LogP contribution in [0.1, 0.15) is 48.1 Å². The van der Waals surface area contributed by atoms with Gasteiger partial charge in [0.25, 0.3) is 0 Å². The van der Waals surface area contributed by atoms with Gasteiger partial charge in [0, 0.05) is 22.1 Å². The van der Waals surface area contributed by atoms with E-state index in [0.29, 0.717) is 17.5 Å². The number of hydrogen-bond donors (Lipinski definition) is 1. The Kier molecular flexibility index (Phi) is 4.87. The molecule has 2 aliphatic rings. The summed E-state index contributed by atoms with van der Waals surface area (Å²) < 4.78 is 5.77. The molecule has 114 valence electrons. The van der Waals surface area contributed by atoms with Gasteiger partial charge in [-0.3, -0.25) is 4.79 Å². The predicted octanol–water partition coefficient (Wildman–Crippen LogP) is 4.62. The number of rotatable bonds is 4. The number of hydrogen-bond acceptors (Lipinski definition) is 2. The van der Waals surface area contributed by atoms with Gasteiger partial charge < -0.3 is 10.1 Å². The van der Waals surface area contributed by atoms with Crippen molar-refractivity contribution in [3.8, 4) is 0 Å². The zero-order valence-electron chi connectivity index (χ0n) is 11.8. The van der Waals surface area contributed by atoms with Crippen molar-refractivity contribution in [2.24, 2.45) is 0 Å². The number of anilines is 1. The van der Waals surface area contributed by atoms with Crippen molar-refractivity contribution >= 4 is 39.1 Å². The minimum absolute atomic E-state index is 0.0416. The van der Waals surface area contributed by atoms with Crippen LogP contribution in [-0.2, 0) is 16.0 Å². The number of benzene rings is 1. The predicted molar refractivity (Wildman–Crippen MR) is 88.3 cm³/mol. The van der Waals surface area contributed by atoms with Crippen LogP contribution in [0.2, 0.25) is 5.02 Å². The van der Waals surface area contributed by atoms with Crippen molar-refractivity contribution in [1.82, 2.24) is 0 Å². The molecule has 0 aliphatic carbocycles. The Morgan fingerprint density at radius 2 is 2.29 bits per heavy atom. The summed E-state index contributed by atoms with van der Waals surface area (Å²) in [6.45, 7) is 0.894. The fourth-order valence-corrected chi connectivity index (χ4v) is 4.10. The summed E-state index contributed by atoms with van der Waals surface area (Å²) in [5.74, 6) is 0.0416. The van der Waals surface area contributed by atoms with Crippen molar-refractivity contribution in [2.75, 3.05) is 11.9 Å². The highest BCUT2D eigenvalue weighted by Gasteiger charge is 2.23. The lowest BCUT2D eigenvalue weighted by molar-refractivity contribution is -0.115. The third-order valence-corrected chi connectivity index (χ3v) is 5.48. The van der Waals surface area contributed by atoms with E-state index in [1.165, 1.54) is 12.8 Å². The van der Waals surface area contributed by atoms with E-state index in [0.717, 1.165) is 42.7 Å². The smallest absolute Gasteiger partial charge is 0.228 e. The van der Waals surface area contributed by atoms with Gasteiger partial charge in [-0.05, 0) is 49.3 Å². The van der Waals surface area contributed by atoms with Crippen LogP contribution in [0, 0.1) is 0 Å². The van der Waals surface area contributed by atoms with E-state index in [9.17, 15) is 4.79 Å². The number of carbonyl (C=O) groups excluding carboxylic acids is 1. The second-order valence-corrected chi connectivity index (χ2v) is 7.30. The number of ether oxygens (including phenoxy) is 1. The molecule has 0 spiro atoms. The van der Waals surface area contributed by atoms with Gasteiger partial charge in [-0.15, -0.1) is 0 Å². The summed E-state index contributed by atoms with van der Waals surface area (Å²) >= 11 is 10.1. The SMILES string of the molecule is O=C1Cc2cc(C(Br)CCC3CCCCO3)c(Cl)cc2N1. The fraction of sp³-hybridized carbons (Fsp3) is 0.562. The van der Waals surface area contributed by atoms with E-state index < -0.39 is 0 Å². The van der Waals surface area contributed by atoms with Crippen molar-refractivity contribution in [2.45, 2.75) is 49.5 Å². The largest absolute Gasteiger partial charge is 0.378 e. The van der Waals surface area contributed by atoms with Crippen LogP contribution in [0.3, 0.4) is 0 Å². The van der Waals surface area contributed by atoms with Gasteiger partial charge in [0.05, 0.1) is 12.5 Å². The molecule has 1 N–H and O–H groups in total. The van der Waals surface area contributed by atoms with Crippen LogP contribution in [0.5, 0.6) is 0 Å². The van der Waals surface area contributed by atoms with E-state index in [2.05, 4.69) is 27.3 Å². The summed E-state index contributed by atoms with van der Waals surface area (Å²) in [5.41, 5.74) is 2.96. The molecule has 0 aromatic heterocycles. The Hall–Kier alpha value is -0.580. The van der Waals surface area contributed by atoms with E-state index in [4.69, 9.17) is 16.3 Å². The lowest BCUT2D eigenvalue weighted by Gasteiger charge is -2.23. The number of nitrogens with one attached hydrogen (secondary N) is 1. The zero-order chi connectivity index (χ0) is 14.8. The average molecular weight is 373 g/mol. The zero-order valence-corrected chi connectivity index (χ0v) is 14.2. The van der Waals surface area contributed by atoms with Gasteiger partial charge in [-0.25, -0.2) is 0 Å². The van der Waals surface area contributed by atoms with Gasteiger partial charge in [0.15, 0.2) is 0 Å². The highest BCUT2D eigenvalue weighted by molar-refractivity contribution is 9.09. The maximum Gasteiger partial charge on any atom is 0.228 e. The lowest BCUT2D eigenvalue weighted by atomic mass is 9.99. The number of fused-ring (bicyclic) bond motifs is 1. The van der Waals surface area contributed by atoms with Crippen LogP contribution in [0.25, 0.3) is 0 Å².